The summed E-state index contributed by atoms with van der Waals surface area (Å²) in [4.78, 5) is 0. The number of rotatable bonds is 0. The summed E-state index contributed by atoms with van der Waals surface area (Å²) in [7, 11) is 3.09. The second kappa shape index (κ2) is 6.83. The molecule has 1 saturated carbocycles. The first-order valence-electron chi connectivity index (χ1n) is 6.50. The lowest BCUT2D eigenvalue weighted by Gasteiger charge is -2.24. The largest absolute Gasteiger partial charge is 0.131 e. The maximum Gasteiger partial charge on any atom is -0.0178 e. The first kappa shape index (κ1) is 12.5. The van der Waals surface area contributed by atoms with Gasteiger partial charge >= 0.3 is 0 Å². The molecule has 1 unspecified atom stereocenters. The van der Waals surface area contributed by atoms with Crippen molar-refractivity contribution in [3.8, 4) is 0 Å². The molecule has 84 valence electrons. The van der Waals surface area contributed by atoms with Crippen LogP contribution in [0.4, 0.5) is 0 Å². The summed E-state index contributed by atoms with van der Waals surface area (Å²) in [6.45, 7) is 2.42. The number of hydrogen-bond donors (Lipinski definition) is 0. The van der Waals surface area contributed by atoms with E-state index in [1.807, 2.05) is 0 Å². The molecule has 0 aromatic carbocycles. The van der Waals surface area contributed by atoms with E-state index in [4.69, 9.17) is 0 Å². The Labute approximate surface area is 92.4 Å². The van der Waals surface area contributed by atoms with Gasteiger partial charge in [0.1, 0.15) is 0 Å². The molecule has 1 heteroatoms. The highest BCUT2D eigenvalue weighted by atomic mass is 31.0. The maximum absolute atomic E-state index is 3.09. The standard InChI is InChI=1S/C13H27P/c1-13(14)11-9-7-5-3-2-4-6-8-10-12-13/h2-12,14H2,1H3. The minimum absolute atomic E-state index is 0.541. The highest BCUT2D eigenvalue weighted by molar-refractivity contribution is 7.18. The summed E-state index contributed by atoms with van der Waals surface area (Å²) in [5.74, 6) is 0. The Bertz CT molecular complexity index is 126. The molecule has 1 atom stereocenters. The van der Waals surface area contributed by atoms with Crippen molar-refractivity contribution in [2.24, 2.45) is 0 Å². The Hall–Kier alpha value is 0.430. The van der Waals surface area contributed by atoms with Gasteiger partial charge in [-0.2, -0.15) is 0 Å². The molecule has 0 aliphatic heterocycles. The Kier molecular flexibility index (Phi) is 6.10. The van der Waals surface area contributed by atoms with Crippen LogP contribution >= 0.6 is 9.24 Å². The average molecular weight is 214 g/mol. The SMILES string of the molecule is CC1(P)CCCCCCCCCCC1. The number of hydrogen-bond acceptors (Lipinski definition) is 0. The Morgan fingerprint density at radius 2 is 0.929 bits per heavy atom. The summed E-state index contributed by atoms with van der Waals surface area (Å²) < 4.78 is 0. The van der Waals surface area contributed by atoms with Crippen molar-refractivity contribution < 1.29 is 0 Å². The molecular weight excluding hydrogens is 187 g/mol. The molecule has 14 heavy (non-hydrogen) atoms. The van der Waals surface area contributed by atoms with Gasteiger partial charge in [-0.05, 0) is 18.0 Å². The van der Waals surface area contributed by atoms with Gasteiger partial charge in [-0.15, -0.1) is 9.24 Å². The predicted octanol–water partition coefficient (Wildman–Crippen LogP) is 4.92. The zero-order chi connectivity index (χ0) is 10.3. The Balaban J connectivity index is 2.24. The van der Waals surface area contributed by atoms with Gasteiger partial charge in [0.05, 0.1) is 0 Å². The summed E-state index contributed by atoms with van der Waals surface area (Å²) in [6, 6.07) is 0. The van der Waals surface area contributed by atoms with Gasteiger partial charge in [0, 0.05) is 0 Å². The molecule has 0 spiro atoms. The highest BCUT2D eigenvalue weighted by Gasteiger charge is 2.16. The van der Waals surface area contributed by atoms with Crippen LogP contribution in [-0.4, -0.2) is 5.16 Å². The van der Waals surface area contributed by atoms with Crippen molar-refractivity contribution in [2.45, 2.75) is 82.7 Å². The van der Waals surface area contributed by atoms with Crippen LogP contribution < -0.4 is 0 Å². The molecule has 1 rings (SSSR count). The molecule has 0 N–H and O–H groups in total. The van der Waals surface area contributed by atoms with Crippen LogP contribution in [0.25, 0.3) is 0 Å². The molecular formula is C13H27P. The summed E-state index contributed by atoms with van der Waals surface area (Å²) in [5.41, 5.74) is 0. The van der Waals surface area contributed by atoms with Crippen LogP contribution in [0.15, 0.2) is 0 Å². The van der Waals surface area contributed by atoms with E-state index in [0.717, 1.165) is 0 Å². The molecule has 0 nitrogen and oxygen atoms in total. The lowest BCUT2D eigenvalue weighted by atomic mass is 9.93. The second-order valence-corrected chi connectivity index (χ2v) is 6.73. The molecule has 1 aliphatic carbocycles. The molecule has 0 heterocycles. The third-order valence-corrected chi connectivity index (χ3v) is 4.07. The van der Waals surface area contributed by atoms with Gasteiger partial charge in [-0.25, -0.2) is 0 Å². The van der Waals surface area contributed by atoms with Crippen LogP contribution in [0.5, 0.6) is 0 Å². The van der Waals surface area contributed by atoms with E-state index in [-0.39, 0.29) is 0 Å². The first-order chi connectivity index (χ1) is 6.71. The summed E-state index contributed by atoms with van der Waals surface area (Å²) >= 11 is 0. The normalized spacial score (nSPS) is 26.1. The van der Waals surface area contributed by atoms with Gasteiger partial charge in [0.15, 0.2) is 0 Å². The topological polar surface area (TPSA) is 0 Å². The van der Waals surface area contributed by atoms with E-state index < -0.39 is 0 Å². The van der Waals surface area contributed by atoms with Crippen LogP contribution in [-0.2, 0) is 0 Å². The van der Waals surface area contributed by atoms with Gasteiger partial charge in [-0.1, -0.05) is 64.7 Å². The van der Waals surface area contributed by atoms with Gasteiger partial charge in [-0.3, -0.25) is 0 Å². The average Bonchev–Trinajstić information content (AvgIpc) is 2.11. The lowest BCUT2D eigenvalue weighted by Crippen LogP contribution is -2.15. The quantitative estimate of drug-likeness (QED) is 0.502. The van der Waals surface area contributed by atoms with Crippen molar-refractivity contribution in [2.75, 3.05) is 0 Å². The molecule has 1 aliphatic rings. The molecule has 0 aromatic heterocycles. The zero-order valence-corrected chi connectivity index (χ0v) is 11.0. The molecule has 1 fully saturated rings. The minimum Gasteiger partial charge on any atom is -0.131 e. The van der Waals surface area contributed by atoms with Crippen molar-refractivity contribution in [3.05, 3.63) is 0 Å². The molecule has 0 radical (unpaired) electrons. The fourth-order valence-corrected chi connectivity index (χ4v) is 2.83. The van der Waals surface area contributed by atoms with Crippen LogP contribution in [0, 0.1) is 0 Å². The highest BCUT2D eigenvalue weighted by Crippen LogP contribution is 2.31. The first-order valence-corrected chi connectivity index (χ1v) is 7.07. The van der Waals surface area contributed by atoms with E-state index in [0.29, 0.717) is 5.16 Å². The van der Waals surface area contributed by atoms with Crippen LogP contribution in [0.1, 0.15) is 77.6 Å². The van der Waals surface area contributed by atoms with Gasteiger partial charge < -0.3 is 0 Å². The van der Waals surface area contributed by atoms with E-state index in [1.165, 1.54) is 70.6 Å². The molecule has 0 aromatic rings. The zero-order valence-electron chi connectivity index (χ0n) is 9.86. The predicted molar refractivity (Wildman–Crippen MR) is 68.9 cm³/mol. The third-order valence-electron chi connectivity index (χ3n) is 3.50. The maximum atomic E-state index is 3.09. The molecule has 0 saturated heterocycles. The Morgan fingerprint density at radius 3 is 1.29 bits per heavy atom. The lowest BCUT2D eigenvalue weighted by molar-refractivity contribution is 0.450. The summed E-state index contributed by atoms with van der Waals surface area (Å²) in [5, 5.41) is 0.541. The fraction of sp³-hybridized carbons (Fsp3) is 1.00. The molecule has 0 amide bonds. The second-order valence-electron chi connectivity index (χ2n) is 5.34. The van der Waals surface area contributed by atoms with E-state index in [9.17, 15) is 0 Å². The Morgan fingerprint density at radius 1 is 0.643 bits per heavy atom. The van der Waals surface area contributed by atoms with Gasteiger partial charge in [0.2, 0.25) is 0 Å². The van der Waals surface area contributed by atoms with Gasteiger partial charge in [0.25, 0.3) is 0 Å². The molecule has 0 bridgehead atoms. The van der Waals surface area contributed by atoms with Crippen molar-refractivity contribution in [3.63, 3.8) is 0 Å². The third kappa shape index (κ3) is 6.02. The van der Waals surface area contributed by atoms with Crippen LogP contribution in [0.2, 0.25) is 0 Å². The smallest absolute Gasteiger partial charge is 0.0178 e. The van der Waals surface area contributed by atoms with Crippen LogP contribution in [0.3, 0.4) is 0 Å². The van der Waals surface area contributed by atoms with Crippen molar-refractivity contribution in [1.82, 2.24) is 0 Å². The van der Waals surface area contributed by atoms with E-state index in [1.54, 1.807) is 0 Å². The monoisotopic (exact) mass is 214 g/mol. The minimum atomic E-state index is 0.541. The van der Waals surface area contributed by atoms with Crippen molar-refractivity contribution >= 4 is 9.24 Å². The van der Waals surface area contributed by atoms with E-state index >= 15 is 0 Å². The van der Waals surface area contributed by atoms with Crippen molar-refractivity contribution in [1.29, 1.82) is 0 Å². The van der Waals surface area contributed by atoms with E-state index in [2.05, 4.69) is 16.2 Å². The summed E-state index contributed by atoms with van der Waals surface area (Å²) in [6.07, 6.45) is 16.0. The fourth-order valence-electron chi connectivity index (χ4n) is 2.42.